The first kappa shape index (κ1) is 10.8. The monoisotopic (exact) mass is 218 g/mol. The molecule has 13 heavy (non-hydrogen) atoms. The third-order valence-corrected chi connectivity index (χ3v) is 2.98. The van der Waals surface area contributed by atoms with Crippen molar-refractivity contribution in [3.63, 3.8) is 0 Å². The molecule has 5 heteroatoms. The van der Waals surface area contributed by atoms with E-state index in [9.17, 15) is 4.79 Å². The fourth-order valence-electron chi connectivity index (χ4n) is 1.57. The Bertz CT molecular complexity index is 220. The molecule has 0 aromatic rings. The molecule has 1 heterocycles. The Morgan fingerprint density at radius 1 is 1.77 bits per heavy atom. The van der Waals surface area contributed by atoms with E-state index in [-0.39, 0.29) is 11.9 Å². The maximum atomic E-state index is 11.6. The van der Waals surface area contributed by atoms with Crippen molar-refractivity contribution in [1.82, 2.24) is 4.90 Å². The van der Waals surface area contributed by atoms with Crippen LogP contribution in [0, 0.1) is 0 Å². The summed E-state index contributed by atoms with van der Waals surface area (Å²) < 4.78 is 0. The van der Waals surface area contributed by atoms with E-state index in [1.54, 1.807) is 4.90 Å². The molecular weight excluding hydrogens is 204 g/mol. The van der Waals surface area contributed by atoms with Gasteiger partial charge in [-0.1, -0.05) is 12.2 Å². The van der Waals surface area contributed by atoms with Crippen molar-refractivity contribution in [2.45, 2.75) is 18.9 Å². The number of rotatable bonds is 3. The molecule has 0 aromatic heterocycles. The molecule has 1 amide bonds. The van der Waals surface area contributed by atoms with Crippen LogP contribution in [0.15, 0.2) is 0 Å². The van der Waals surface area contributed by atoms with Crippen LogP contribution in [0.4, 0.5) is 0 Å². The van der Waals surface area contributed by atoms with Crippen LogP contribution in [-0.2, 0) is 4.79 Å². The zero-order valence-corrected chi connectivity index (χ0v) is 9.29. The van der Waals surface area contributed by atoms with Crippen LogP contribution in [0.1, 0.15) is 12.8 Å². The Balaban J connectivity index is 2.57. The molecule has 0 aromatic carbocycles. The maximum absolute atomic E-state index is 11.6. The van der Waals surface area contributed by atoms with Gasteiger partial charge in [0.25, 0.3) is 0 Å². The Morgan fingerprint density at radius 2 is 2.46 bits per heavy atom. The second kappa shape index (κ2) is 4.81. The first-order valence-corrected chi connectivity index (χ1v) is 6.04. The van der Waals surface area contributed by atoms with E-state index >= 15 is 0 Å². The lowest BCUT2D eigenvalue weighted by molar-refractivity contribution is -0.128. The Morgan fingerprint density at radius 3 is 3.00 bits per heavy atom. The van der Waals surface area contributed by atoms with Crippen molar-refractivity contribution < 1.29 is 4.79 Å². The largest absolute Gasteiger partial charge is 0.392 e. The smallest absolute Gasteiger partial charge is 0.233 e. The highest BCUT2D eigenvalue weighted by atomic mass is 32.2. The summed E-state index contributed by atoms with van der Waals surface area (Å²) in [5.41, 5.74) is 5.55. The number of nitrogens with two attached hydrogens (primary N) is 1. The summed E-state index contributed by atoms with van der Waals surface area (Å²) in [4.78, 5) is 13.8. The van der Waals surface area contributed by atoms with Gasteiger partial charge < -0.3 is 10.6 Å². The van der Waals surface area contributed by atoms with E-state index in [1.807, 2.05) is 6.26 Å². The predicted molar refractivity (Wildman–Crippen MR) is 59.9 cm³/mol. The predicted octanol–water partition coefficient (Wildman–Crippen LogP) is 0.627. The summed E-state index contributed by atoms with van der Waals surface area (Å²) in [6.07, 6.45) is 3.86. The third-order valence-electron chi connectivity index (χ3n) is 2.17. The van der Waals surface area contributed by atoms with Crippen LogP contribution in [0.25, 0.3) is 0 Å². The number of carbonyl (C=O) groups is 1. The number of thioether (sulfide) groups is 1. The molecule has 1 fully saturated rings. The van der Waals surface area contributed by atoms with Gasteiger partial charge in [-0.05, 0) is 19.1 Å². The van der Waals surface area contributed by atoms with Crippen molar-refractivity contribution in [2.75, 3.05) is 18.6 Å². The average Bonchev–Trinajstić information content (AvgIpc) is 2.52. The van der Waals surface area contributed by atoms with Gasteiger partial charge in [0, 0.05) is 6.54 Å². The third kappa shape index (κ3) is 2.57. The van der Waals surface area contributed by atoms with E-state index in [1.165, 1.54) is 11.8 Å². The summed E-state index contributed by atoms with van der Waals surface area (Å²) in [6.45, 7) is 0.807. The molecule has 1 unspecified atom stereocenters. The number of thiocarbonyl (C=S) groups is 1. The van der Waals surface area contributed by atoms with E-state index < -0.39 is 0 Å². The van der Waals surface area contributed by atoms with Crippen LogP contribution in [0.5, 0.6) is 0 Å². The van der Waals surface area contributed by atoms with Gasteiger partial charge in [-0.25, -0.2) is 0 Å². The second-order valence-corrected chi connectivity index (χ2v) is 4.42. The van der Waals surface area contributed by atoms with Gasteiger partial charge in [-0.3, -0.25) is 4.79 Å². The molecule has 0 aliphatic carbocycles. The Hall–Kier alpha value is -0.290. The number of hydrogen-bond acceptors (Lipinski definition) is 3. The fraction of sp³-hybridized carbons (Fsp3) is 0.750. The van der Waals surface area contributed by atoms with Crippen molar-refractivity contribution in [2.24, 2.45) is 5.73 Å². The van der Waals surface area contributed by atoms with E-state index in [2.05, 4.69) is 0 Å². The van der Waals surface area contributed by atoms with E-state index in [0.717, 1.165) is 19.4 Å². The minimum absolute atomic E-state index is 0.00894. The van der Waals surface area contributed by atoms with Crippen LogP contribution in [0.3, 0.4) is 0 Å². The maximum Gasteiger partial charge on any atom is 0.233 e. The van der Waals surface area contributed by atoms with Crippen molar-refractivity contribution in [3.8, 4) is 0 Å². The van der Waals surface area contributed by atoms with Gasteiger partial charge >= 0.3 is 0 Å². The quantitative estimate of drug-likeness (QED) is 0.706. The molecule has 0 radical (unpaired) electrons. The Labute approximate surface area is 88.0 Å². The fourth-order valence-corrected chi connectivity index (χ4v) is 2.23. The first-order valence-electron chi connectivity index (χ1n) is 4.24. The molecular formula is C8H14N2OS2. The molecule has 2 N–H and O–H groups in total. The number of carbonyl (C=O) groups excluding carboxylic acids is 1. The normalized spacial score (nSPS) is 21.9. The van der Waals surface area contributed by atoms with E-state index in [4.69, 9.17) is 18.0 Å². The minimum Gasteiger partial charge on any atom is -0.392 e. The van der Waals surface area contributed by atoms with Crippen LogP contribution in [0.2, 0.25) is 0 Å². The molecule has 1 rings (SSSR count). The topological polar surface area (TPSA) is 46.3 Å². The van der Waals surface area contributed by atoms with Gasteiger partial charge in [0.1, 0.15) is 0 Å². The highest BCUT2D eigenvalue weighted by molar-refractivity contribution is 7.99. The summed E-state index contributed by atoms with van der Waals surface area (Å²) in [5.74, 6) is 0.682. The van der Waals surface area contributed by atoms with Gasteiger partial charge in [0.2, 0.25) is 5.91 Å². The SMILES string of the molecule is CSCC(=O)N1CCCC1C(N)=S. The standard InChI is InChI=1S/C8H14N2OS2/c1-13-5-7(11)10-4-2-3-6(10)8(9)12/h6H,2-5H2,1H3,(H2,9,12). The molecule has 1 aliphatic heterocycles. The lowest BCUT2D eigenvalue weighted by Crippen LogP contribution is -2.43. The lowest BCUT2D eigenvalue weighted by Gasteiger charge is -2.23. The molecule has 0 spiro atoms. The zero-order valence-electron chi connectivity index (χ0n) is 7.66. The number of hydrogen-bond donors (Lipinski definition) is 1. The van der Waals surface area contributed by atoms with Gasteiger partial charge in [-0.15, -0.1) is 0 Å². The zero-order chi connectivity index (χ0) is 9.84. The first-order chi connectivity index (χ1) is 6.16. The van der Waals surface area contributed by atoms with Gasteiger partial charge in [0.05, 0.1) is 16.8 Å². The van der Waals surface area contributed by atoms with Crippen molar-refractivity contribution >= 4 is 34.9 Å². The molecule has 0 bridgehead atoms. The summed E-state index contributed by atoms with van der Waals surface area (Å²) in [6, 6.07) is 0.00894. The number of nitrogens with zero attached hydrogens (tertiary/aromatic N) is 1. The number of likely N-dealkylation sites (tertiary alicyclic amines) is 1. The van der Waals surface area contributed by atoms with Crippen LogP contribution in [-0.4, -0.2) is 40.4 Å². The van der Waals surface area contributed by atoms with Crippen molar-refractivity contribution in [3.05, 3.63) is 0 Å². The molecule has 1 saturated heterocycles. The molecule has 1 aliphatic rings. The van der Waals surface area contributed by atoms with E-state index in [0.29, 0.717) is 10.7 Å². The second-order valence-electron chi connectivity index (χ2n) is 3.08. The lowest BCUT2D eigenvalue weighted by atomic mass is 10.2. The van der Waals surface area contributed by atoms with Crippen LogP contribution < -0.4 is 5.73 Å². The molecule has 0 saturated carbocycles. The molecule has 3 nitrogen and oxygen atoms in total. The highest BCUT2D eigenvalue weighted by Crippen LogP contribution is 2.18. The molecule has 1 atom stereocenters. The van der Waals surface area contributed by atoms with Gasteiger partial charge in [0.15, 0.2) is 0 Å². The van der Waals surface area contributed by atoms with Gasteiger partial charge in [-0.2, -0.15) is 11.8 Å². The summed E-state index contributed by atoms with van der Waals surface area (Å²) in [5, 5.41) is 0. The van der Waals surface area contributed by atoms with Crippen molar-refractivity contribution in [1.29, 1.82) is 0 Å². The summed E-state index contributed by atoms with van der Waals surface area (Å²) >= 11 is 6.45. The summed E-state index contributed by atoms with van der Waals surface area (Å²) in [7, 11) is 0. The number of amides is 1. The Kier molecular flexibility index (Phi) is 3.99. The van der Waals surface area contributed by atoms with Crippen LogP contribution >= 0.6 is 24.0 Å². The molecule has 74 valence electrons. The minimum atomic E-state index is 0.00894. The highest BCUT2D eigenvalue weighted by Gasteiger charge is 2.29. The average molecular weight is 218 g/mol.